The molecule has 1 amide bonds. The molecule has 0 saturated carbocycles. The largest absolute Gasteiger partial charge is 0.352 e. The summed E-state index contributed by atoms with van der Waals surface area (Å²) in [6.45, 7) is 4.64. The maximum Gasteiger partial charge on any atom is 0.230 e. The van der Waals surface area contributed by atoms with Crippen molar-refractivity contribution in [2.45, 2.75) is 11.7 Å². The second kappa shape index (κ2) is 7.05. The number of nitrogens with zero attached hydrogens (tertiary/aromatic N) is 4. The third-order valence-corrected chi connectivity index (χ3v) is 3.98. The minimum Gasteiger partial charge on any atom is -0.352 e. The van der Waals surface area contributed by atoms with E-state index in [2.05, 4.69) is 27.4 Å². The molecule has 1 N–H and O–H groups in total. The molecule has 2 aromatic heterocycles. The molecule has 0 spiro atoms. The van der Waals surface area contributed by atoms with Crippen LogP contribution in [0, 0.1) is 0 Å². The molecule has 8 heteroatoms. The average Bonchev–Trinajstić information content (AvgIpc) is 3.06. The average molecular weight is 295 g/mol. The van der Waals surface area contributed by atoms with Gasteiger partial charge >= 0.3 is 0 Å². The van der Waals surface area contributed by atoms with E-state index in [1.54, 1.807) is 22.1 Å². The lowest BCUT2D eigenvalue weighted by molar-refractivity contribution is -0.118. The zero-order valence-corrected chi connectivity index (χ0v) is 11.8. The Balaban J connectivity index is 1.89. The summed E-state index contributed by atoms with van der Waals surface area (Å²) in [5.41, 5.74) is 0. The maximum absolute atomic E-state index is 11.5. The molecule has 6 nitrogen and oxygen atoms in total. The van der Waals surface area contributed by atoms with Crippen LogP contribution in [0.1, 0.15) is 4.88 Å². The fourth-order valence-electron chi connectivity index (χ4n) is 1.32. The van der Waals surface area contributed by atoms with E-state index in [1.165, 1.54) is 16.6 Å². The number of carbonyl (C=O) groups excluding carboxylic acids is 1. The highest BCUT2D eigenvalue weighted by atomic mass is 32.2. The van der Waals surface area contributed by atoms with Crippen molar-refractivity contribution in [1.29, 1.82) is 0 Å². The van der Waals surface area contributed by atoms with Gasteiger partial charge in [0.15, 0.2) is 0 Å². The zero-order valence-electron chi connectivity index (χ0n) is 10.2. The molecule has 0 saturated heterocycles. The summed E-state index contributed by atoms with van der Waals surface area (Å²) in [4.78, 5) is 12.6. The van der Waals surface area contributed by atoms with E-state index in [9.17, 15) is 4.79 Å². The van der Waals surface area contributed by atoms with Crippen molar-refractivity contribution in [3.05, 3.63) is 35.0 Å². The molecule has 0 aliphatic heterocycles. The second-order valence-corrected chi connectivity index (χ2v) is 5.55. The Bertz CT molecular complexity index is 537. The normalized spacial score (nSPS) is 10.3. The molecule has 0 atom stereocenters. The molecular weight excluding hydrogens is 282 g/mol. The molecule has 100 valence electrons. The van der Waals surface area contributed by atoms with Gasteiger partial charge in [0.2, 0.25) is 11.1 Å². The monoisotopic (exact) mass is 295 g/mol. The number of thioether (sulfide) groups is 1. The Morgan fingerprint density at radius 2 is 2.53 bits per heavy atom. The molecule has 0 radical (unpaired) electrons. The summed E-state index contributed by atoms with van der Waals surface area (Å²) in [6, 6.07) is 4.01. The molecule has 0 aliphatic carbocycles. The van der Waals surface area contributed by atoms with Gasteiger partial charge in [-0.1, -0.05) is 23.9 Å². The Labute approximate surface area is 118 Å². The summed E-state index contributed by atoms with van der Waals surface area (Å²) in [7, 11) is 0. The van der Waals surface area contributed by atoms with Crippen LogP contribution in [0.25, 0.3) is 0 Å². The van der Waals surface area contributed by atoms with Crippen LogP contribution in [-0.2, 0) is 11.3 Å². The number of hydrogen-bond acceptors (Lipinski definition) is 6. The molecule has 2 rings (SSSR count). The second-order valence-electron chi connectivity index (χ2n) is 3.58. The number of nitrogens with one attached hydrogen (secondary N) is 1. The van der Waals surface area contributed by atoms with E-state index in [0.717, 1.165) is 0 Å². The highest BCUT2D eigenvalue weighted by Gasteiger charge is 2.10. The quantitative estimate of drug-likeness (QED) is 0.613. The van der Waals surface area contributed by atoms with Gasteiger partial charge in [0.1, 0.15) is 0 Å². The standard InChI is InChI=1S/C11H13N5OS2/c1-2-5-12-10(17)8-19-11-13-14-15-16(11)7-9-4-3-6-18-9/h2-4,6H,1,5,7-8H2,(H,12,17). The minimum atomic E-state index is -0.0597. The van der Waals surface area contributed by atoms with Crippen molar-refractivity contribution in [3.63, 3.8) is 0 Å². The molecular formula is C11H13N5OS2. The van der Waals surface area contributed by atoms with Crippen molar-refractivity contribution in [3.8, 4) is 0 Å². The third-order valence-electron chi connectivity index (χ3n) is 2.16. The molecule has 0 fully saturated rings. The fraction of sp³-hybridized carbons (Fsp3) is 0.273. The van der Waals surface area contributed by atoms with Gasteiger partial charge in [0, 0.05) is 11.4 Å². The van der Waals surface area contributed by atoms with Crippen molar-refractivity contribution in [2.75, 3.05) is 12.3 Å². The first-order valence-electron chi connectivity index (χ1n) is 5.58. The third kappa shape index (κ3) is 4.18. The molecule has 0 aromatic carbocycles. The van der Waals surface area contributed by atoms with Gasteiger partial charge in [-0.2, -0.15) is 0 Å². The van der Waals surface area contributed by atoms with Crippen molar-refractivity contribution in [1.82, 2.24) is 25.5 Å². The number of tetrazole rings is 1. The fourth-order valence-corrected chi connectivity index (χ4v) is 2.71. The number of carbonyl (C=O) groups is 1. The zero-order chi connectivity index (χ0) is 13.5. The van der Waals surface area contributed by atoms with Crippen LogP contribution in [0.15, 0.2) is 35.3 Å². The van der Waals surface area contributed by atoms with Gasteiger partial charge in [-0.25, -0.2) is 4.68 Å². The van der Waals surface area contributed by atoms with Crippen LogP contribution in [0.5, 0.6) is 0 Å². The number of amides is 1. The lowest BCUT2D eigenvalue weighted by Gasteiger charge is -2.03. The van der Waals surface area contributed by atoms with Gasteiger partial charge in [-0.3, -0.25) is 4.79 Å². The van der Waals surface area contributed by atoms with Crippen LogP contribution < -0.4 is 5.32 Å². The summed E-state index contributed by atoms with van der Waals surface area (Å²) in [5, 5.41) is 16.8. The van der Waals surface area contributed by atoms with E-state index >= 15 is 0 Å². The highest BCUT2D eigenvalue weighted by molar-refractivity contribution is 7.99. The van der Waals surface area contributed by atoms with Crippen LogP contribution in [0.4, 0.5) is 0 Å². The first-order valence-corrected chi connectivity index (χ1v) is 7.45. The Kier molecular flexibility index (Phi) is 5.10. The van der Waals surface area contributed by atoms with Gasteiger partial charge in [-0.05, 0) is 21.9 Å². The Hall–Kier alpha value is -1.67. The smallest absolute Gasteiger partial charge is 0.230 e. The van der Waals surface area contributed by atoms with Gasteiger partial charge in [0.05, 0.1) is 12.3 Å². The first kappa shape index (κ1) is 13.8. The van der Waals surface area contributed by atoms with Gasteiger partial charge in [-0.15, -0.1) is 23.0 Å². The van der Waals surface area contributed by atoms with E-state index in [4.69, 9.17) is 0 Å². The van der Waals surface area contributed by atoms with Gasteiger partial charge < -0.3 is 5.32 Å². The molecule has 0 aliphatic rings. The van der Waals surface area contributed by atoms with E-state index in [-0.39, 0.29) is 5.91 Å². The number of aromatic nitrogens is 4. The van der Waals surface area contributed by atoms with Crippen LogP contribution in [-0.4, -0.2) is 38.4 Å². The lowest BCUT2D eigenvalue weighted by Crippen LogP contribution is -2.25. The van der Waals surface area contributed by atoms with E-state index in [0.29, 0.717) is 24.0 Å². The maximum atomic E-state index is 11.5. The number of thiophene rings is 1. The molecule has 2 aromatic rings. The van der Waals surface area contributed by atoms with Crippen molar-refractivity contribution in [2.24, 2.45) is 0 Å². The lowest BCUT2D eigenvalue weighted by atomic mass is 10.5. The van der Waals surface area contributed by atoms with Crippen molar-refractivity contribution >= 4 is 29.0 Å². The summed E-state index contributed by atoms with van der Waals surface area (Å²) in [5.74, 6) is 0.231. The van der Waals surface area contributed by atoms with Crippen molar-refractivity contribution < 1.29 is 4.79 Å². The Morgan fingerprint density at radius 3 is 3.26 bits per heavy atom. The first-order chi connectivity index (χ1) is 9.29. The minimum absolute atomic E-state index is 0.0597. The van der Waals surface area contributed by atoms with Crippen LogP contribution in [0.3, 0.4) is 0 Å². The van der Waals surface area contributed by atoms with Crippen LogP contribution in [0.2, 0.25) is 0 Å². The molecule has 0 bridgehead atoms. The van der Waals surface area contributed by atoms with E-state index in [1.807, 2.05) is 17.5 Å². The topological polar surface area (TPSA) is 72.7 Å². The molecule has 19 heavy (non-hydrogen) atoms. The summed E-state index contributed by atoms with van der Waals surface area (Å²) >= 11 is 2.97. The molecule has 0 unspecified atom stereocenters. The Morgan fingerprint density at radius 1 is 1.63 bits per heavy atom. The number of hydrogen-bond donors (Lipinski definition) is 1. The highest BCUT2D eigenvalue weighted by Crippen LogP contribution is 2.16. The summed E-state index contributed by atoms with van der Waals surface area (Å²) in [6.07, 6.45) is 1.64. The molecule has 2 heterocycles. The van der Waals surface area contributed by atoms with E-state index < -0.39 is 0 Å². The predicted molar refractivity (Wildman–Crippen MR) is 75.2 cm³/mol. The SMILES string of the molecule is C=CCNC(=O)CSc1nnnn1Cc1cccs1. The summed E-state index contributed by atoms with van der Waals surface area (Å²) < 4.78 is 1.69. The number of rotatable bonds is 7. The van der Waals surface area contributed by atoms with Crippen LogP contribution >= 0.6 is 23.1 Å². The van der Waals surface area contributed by atoms with Gasteiger partial charge in [0.25, 0.3) is 0 Å². The predicted octanol–water partition coefficient (Wildman–Crippen LogP) is 1.18.